The summed E-state index contributed by atoms with van der Waals surface area (Å²) in [5, 5.41) is 3.51. The molecule has 1 heterocycles. The summed E-state index contributed by atoms with van der Waals surface area (Å²) in [7, 11) is 3.43. The molecule has 1 N–H and O–H groups in total. The van der Waals surface area contributed by atoms with E-state index in [2.05, 4.69) is 10.3 Å². The monoisotopic (exact) mass is 278 g/mol. The van der Waals surface area contributed by atoms with Gasteiger partial charge >= 0.3 is 0 Å². The van der Waals surface area contributed by atoms with Crippen LogP contribution in [-0.2, 0) is 6.61 Å². The van der Waals surface area contributed by atoms with Gasteiger partial charge in [0.1, 0.15) is 12.4 Å². The van der Waals surface area contributed by atoms with Crippen molar-refractivity contribution in [1.29, 1.82) is 0 Å². The summed E-state index contributed by atoms with van der Waals surface area (Å²) in [4.78, 5) is 4.15. The van der Waals surface area contributed by atoms with Crippen LogP contribution in [0.5, 0.6) is 11.5 Å². The van der Waals surface area contributed by atoms with E-state index in [0.29, 0.717) is 23.2 Å². The van der Waals surface area contributed by atoms with Crippen molar-refractivity contribution in [1.82, 2.24) is 4.98 Å². The van der Waals surface area contributed by atoms with Crippen LogP contribution >= 0.6 is 11.6 Å². The van der Waals surface area contributed by atoms with Crippen molar-refractivity contribution in [3.05, 3.63) is 47.1 Å². The number of methoxy groups -OCH3 is 1. The van der Waals surface area contributed by atoms with Gasteiger partial charge in [-0.3, -0.25) is 0 Å². The van der Waals surface area contributed by atoms with Gasteiger partial charge in [0.15, 0.2) is 11.6 Å². The number of halogens is 1. The Hall–Kier alpha value is -1.94. The van der Waals surface area contributed by atoms with Crippen LogP contribution in [0.3, 0.4) is 0 Å². The molecular weight excluding hydrogens is 264 g/mol. The fourth-order valence-electron chi connectivity index (χ4n) is 1.60. The Kier molecular flexibility index (Phi) is 4.47. The molecule has 5 heteroatoms. The van der Waals surface area contributed by atoms with Gasteiger partial charge in [-0.25, -0.2) is 4.98 Å². The molecule has 0 saturated carbocycles. The van der Waals surface area contributed by atoms with Crippen molar-refractivity contribution in [2.24, 2.45) is 0 Å². The van der Waals surface area contributed by atoms with Crippen LogP contribution in [0.25, 0.3) is 0 Å². The average molecular weight is 279 g/mol. The minimum atomic E-state index is 0.445. The number of aromatic nitrogens is 1. The van der Waals surface area contributed by atoms with Crippen LogP contribution < -0.4 is 14.8 Å². The Morgan fingerprint density at radius 2 is 2.00 bits per heavy atom. The molecular formula is C14H15ClN2O2. The average Bonchev–Trinajstić information content (AvgIpc) is 2.46. The van der Waals surface area contributed by atoms with Crippen LogP contribution in [0.1, 0.15) is 5.56 Å². The first kappa shape index (κ1) is 13.5. The molecule has 0 atom stereocenters. The number of nitrogens with zero attached hydrogens (tertiary/aromatic N) is 1. The molecule has 1 aromatic carbocycles. The Balaban J connectivity index is 2.07. The summed E-state index contributed by atoms with van der Waals surface area (Å²) in [5.74, 6) is 2.12. The largest absolute Gasteiger partial charge is 0.497 e. The second-order valence-electron chi connectivity index (χ2n) is 3.89. The number of hydrogen-bond acceptors (Lipinski definition) is 4. The number of benzene rings is 1. The molecule has 19 heavy (non-hydrogen) atoms. The molecule has 100 valence electrons. The zero-order chi connectivity index (χ0) is 13.7. The Morgan fingerprint density at radius 1 is 1.26 bits per heavy atom. The second-order valence-corrected chi connectivity index (χ2v) is 4.32. The number of nitrogens with one attached hydrogen (secondary N) is 1. The minimum Gasteiger partial charge on any atom is -0.497 e. The highest BCUT2D eigenvalue weighted by molar-refractivity contribution is 6.30. The number of rotatable bonds is 5. The van der Waals surface area contributed by atoms with Gasteiger partial charge in [-0.1, -0.05) is 23.7 Å². The summed E-state index contributed by atoms with van der Waals surface area (Å²) in [6.45, 7) is 0.445. The van der Waals surface area contributed by atoms with E-state index in [4.69, 9.17) is 21.1 Å². The summed E-state index contributed by atoms with van der Waals surface area (Å²) in [6, 6.07) is 9.44. The zero-order valence-corrected chi connectivity index (χ0v) is 11.6. The fourth-order valence-corrected chi connectivity index (χ4v) is 1.75. The first-order chi connectivity index (χ1) is 9.22. The maximum atomic E-state index is 5.91. The summed E-state index contributed by atoms with van der Waals surface area (Å²) >= 11 is 5.91. The van der Waals surface area contributed by atoms with Gasteiger partial charge in [-0.2, -0.15) is 0 Å². The van der Waals surface area contributed by atoms with Crippen LogP contribution in [0.2, 0.25) is 5.02 Å². The highest BCUT2D eigenvalue weighted by atomic mass is 35.5. The topological polar surface area (TPSA) is 43.4 Å². The lowest BCUT2D eigenvalue weighted by atomic mass is 10.2. The molecule has 4 nitrogen and oxygen atoms in total. The van der Waals surface area contributed by atoms with E-state index in [1.807, 2.05) is 24.3 Å². The van der Waals surface area contributed by atoms with Gasteiger partial charge in [0.25, 0.3) is 0 Å². The molecule has 0 amide bonds. The van der Waals surface area contributed by atoms with E-state index in [9.17, 15) is 0 Å². The number of hydrogen-bond donors (Lipinski definition) is 1. The molecule has 2 rings (SSSR count). The fraction of sp³-hybridized carbons (Fsp3) is 0.214. The zero-order valence-electron chi connectivity index (χ0n) is 10.8. The van der Waals surface area contributed by atoms with E-state index in [1.54, 1.807) is 26.4 Å². The molecule has 0 spiro atoms. The molecule has 0 fully saturated rings. The van der Waals surface area contributed by atoms with Crippen molar-refractivity contribution in [3.8, 4) is 11.5 Å². The lowest BCUT2D eigenvalue weighted by molar-refractivity contribution is 0.306. The van der Waals surface area contributed by atoms with E-state index >= 15 is 0 Å². The summed E-state index contributed by atoms with van der Waals surface area (Å²) in [5.41, 5.74) is 1.04. The molecule has 1 aromatic heterocycles. The predicted molar refractivity (Wildman–Crippen MR) is 76.1 cm³/mol. The summed E-state index contributed by atoms with van der Waals surface area (Å²) < 4.78 is 10.8. The first-order valence-corrected chi connectivity index (χ1v) is 6.19. The highest BCUT2D eigenvalue weighted by Gasteiger charge is 2.05. The first-order valence-electron chi connectivity index (χ1n) is 5.82. The summed E-state index contributed by atoms with van der Waals surface area (Å²) in [6.07, 6.45) is 1.58. The van der Waals surface area contributed by atoms with Crippen molar-refractivity contribution >= 4 is 17.4 Å². The van der Waals surface area contributed by atoms with Crippen LogP contribution in [0, 0.1) is 0 Å². The Labute approximate surface area is 117 Å². The maximum absolute atomic E-state index is 5.91. The quantitative estimate of drug-likeness (QED) is 0.911. The molecule has 0 unspecified atom stereocenters. The Bertz CT molecular complexity index is 544. The SMILES string of the molecule is CNc1ncc(Cl)cc1OCc1ccc(OC)cc1. The van der Waals surface area contributed by atoms with Crippen molar-refractivity contribution in [2.45, 2.75) is 6.61 Å². The van der Waals surface area contributed by atoms with E-state index < -0.39 is 0 Å². The molecule has 0 bridgehead atoms. The maximum Gasteiger partial charge on any atom is 0.168 e. The van der Waals surface area contributed by atoms with Gasteiger partial charge in [0.05, 0.1) is 12.1 Å². The number of pyridine rings is 1. The van der Waals surface area contributed by atoms with Crippen LogP contribution in [0.15, 0.2) is 36.5 Å². The van der Waals surface area contributed by atoms with Gasteiger partial charge in [0, 0.05) is 19.3 Å². The third-order valence-corrected chi connectivity index (χ3v) is 2.82. The highest BCUT2D eigenvalue weighted by Crippen LogP contribution is 2.26. The molecule has 0 radical (unpaired) electrons. The van der Waals surface area contributed by atoms with Gasteiger partial charge in [-0.05, 0) is 17.7 Å². The predicted octanol–water partition coefficient (Wildman–Crippen LogP) is 3.36. The van der Waals surface area contributed by atoms with Crippen LogP contribution in [0.4, 0.5) is 5.82 Å². The molecule has 0 aliphatic carbocycles. The third-order valence-electron chi connectivity index (χ3n) is 2.61. The van der Waals surface area contributed by atoms with Crippen LogP contribution in [-0.4, -0.2) is 19.1 Å². The number of ether oxygens (including phenoxy) is 2. The molecule has 0 aliphatic heterocycles. The van der Waals surface area contributed by atoms with Crippen molar-refractivity contribution in [2.75, 3.05) is 19.5 Å². The Morgan fingerprint density at radius 3 is 2.63 bits per heavy atom. The minimum absolute atomic E-state index is 0.445. The molecule has 0 saturated heterocycles. The third kappa shape index (κ3) is 3.51. The molecule has 2 aromatic rings. The lowest BCUT2D eigenvalue weighted by Gasteiger charge is -2.11. The van der Waals surface area contributed by atoms with Crippen molar-refractivity contribution in [3.63, 3.8) is 0 Å². The van der Waals surface area contributed by atoms with Gasteiger partial charge in [-0.15, -0.1) is 0 Å². The van der Waals surface area contributed by atoms with E-state index in [0.717, 1.165) is 11.3 Å². The van der Waals surface area contributed by atoms with Crippen molar-refractivity contribution < 1.29 is 9.47 Å². The normalized spacial score (nSPS) is 10.1. The standard InChI is InChI=1S/C14H15ClN2O2/c1-16-14-13(7-11(15)8-17-14)19-9-10-3-5-12(18-2)6-4-10/h3-8H,9H2,1-2H3,(H,16,17). The number of anilines is 1. The smallest absolute Gasteiger partial charge is 0.168 e. The van der Waals surface area contributed by atoms with E-state index in [-0.39, 0.29) is 0 Å². The van der Waals surface area contributed by atoms with Gasteiger partial charge < -0.3 is 14.8 Å². The second kappa shape index (κ2) is 6.29. The van der Waals surface area contributed by atoms with E-state index in [1.165, 1.54) is 0 Å². The molecule has 0 aliphatic rings. The van der Waals surface area contributed by atoms with Gasteiger partial charge in [0.2, 0.25) is 0 Å². The lowest BCUT2D eigenvalue weighted by Crippen LogP contribution is -2.01.